The predicted molar refractivity (Wildman–Crippen MR) is 123 cm³/mol. The standard InChI is InChI=1S/C23H35N2O4P/c1-9-19(10-2)30(27,29-25-22-17(5)15(3)11-12-24-22)28-18-13-16(4)21(26)20(14-18)23(6,7)8/h11-14,19,26H,9-10H2,1-8H3,(H,24,25). The summed E-state index contributed by atoms with van der Waals surface area (Å²) in [5.74, 6) is 1.16. The van der Waals surface area contributed by atoms with E-state index in [1.54, 1.807) is 25.3 Å². The van der Waals surface area contributed by atoms with E-state index in [0.717, 1.165) is 16.7 Å². The maximum Gasteiger partial charge on any atom is 0.403 e. The third kappa shape index (κ3) is 5.35. The molecule has 1 unspecified atom stereocenters. The number of rotatable bonds is 8. The van der Waals surface area contributed by atoms with E-state index in [2.05, 4.69) is 10.5 Å². The van der Waals surface area contributed by atoms with E-state index in [1.165, 1.54) is 0 Å². The van der Waals surface area contributed by atoms with E-state index in [0.29, 0.717) is 30.0 Å². The minimum Gasteiger partial charge on any atom is -0.507 e. The van der Waals surface area contributed by atoms with Gasteiger partial charge in [0.05, 0.1) is 5.66 Å². The molecule has 1 aromatic carbocycles. The highest BCUT2D eigenvalue weighted by Crippen LogP contribution is 2.56. The first-order chi connectivity index (χ1) is 13.9. The Hall–Kier alpha value is -2.04. The van der Waals surface area contributed by atoms with Gasteiger partial charge in [-0.3, -0.25) is 0 Å². The summed E-state index contributed by atoms with van der Waals surface area (Å²) in [6.45, 7) is 15.7. The number of nitrogens with zero attached hydrogens (tertiary/aromatic N) is 1. The van der Waals surface area contributed by atoms with Crippen molar-refractivity contribution < 1.29 is 18.8 Å². The molecule has 1 atom stereocenters. The van der Waals surface area contributed by atoms with Crippen LogP contribution in [0, 0.1) is 20.8 Å². The van der Waals surface area contributed by atoms with Crippen LogP contribution in [0.4, 0.5) is 5.82 Å². The number of nitrogens with one attached hydrogen (secondary N) is 1. The van der Waals surface area contributed by atoms with Crippen molar-refractivity contribution in [3.8, 4) is 11.5 Å². The number of aromatic nitrogens is 1. The summed E-state index contributed by atoms with van der Waals surface area (Å²) in [5, 5.41) is 10.5. The second-order valence-corrected chi connectivity index (χ2v) is 11.0. The van der Waals surface area contributed by atoms with Crippen LogP contribution in [-0.4, -0.2) is 15.7 Å². The van der Waals surface area contributed by atoms with Crippen molar-refractivity contribution in [2.45, 2.75) is 79.3 Å². The highest BCUT2D eigenvalue weighted by molar-refractivity contribution is 7.55. The largest absolute Gasteiger partial charge is 0.507 e. The van der Waals surface area contributed by atoms with E-state index in [9.17, 15) is 9.67 Å². The summed E-state index contributed by atoms with van der Waals surface area (Å²) in [6, 6.07) is 5.35. The third-order valence-electron chi connectivity index (χ3n) is 5.45. The van der Waals surface area contributed by atoms with Crippen LogP contribution in [0.15, 0.2) is 24.4 Å². The molecule has 2 rings (SSSR count). The van der Waals surface area contributed by atoms with Crippen LogP contribution in [0.3, 0.4) is 0 Å². The average Bonchev–Trinajstić information content (AvgIpc) is 2.65. The van der Waals surface area contributed by atoms with E-state index in [1.807, 2.05) is 54.5 Å². The van der Waals surface area contributed by atoms with Gasteiger partial charge in [0, 0.05) is 11.8 Å². The Balaban J connectivity index is 2.41. The number of phenolic OH excluding ortho intramolecular Hbond substituents is 1. The van der Waals surface area contributed by atoms with Gasteiger partial charge in [-0.25, -0.2) is 15.0 Å². The van der Waals surface area contributed by atoms with Gasteiger partial charge in [-0.2, -0.15) is 4.62 Å². The van der Waals surface area contributed by atoms with Crippen molar-refractivity contribution in [2.75, 3.05) is 5.48 Å². The first-order valence-electron chi connectivity index (χ1n) is 10.4. The molecule has 1 aromatic heterocycles. The summed E-state index contributed by atoms with van der Waals surface area (Å²) >= 11 is 0. The Labute approximate surface area is 180 Å². The lowest BCUT2D eigenvalue weighted by atomic mass is 9.85. The maximum absolute atomic E-state index is 13.9. The number of aromatic hydroxyl groups is 1. The number of aryl methyl sites for hydroxylation is 2. The summed E-state index contributed by atoms with van der Waals surface area (Å²) in [5.41, 5.74) is 5.57. The molecule has 0 bridgehead atoms. The third-order valence-corrected chi connectivity index (χ3v) is 7.88. The van der Waals surface area contributed by atoms with E-state index in [-0.39, 0.29) is 16.8 Å². The zero-order valence-corrected chi connectivity index (χ0v) is 20.3. The normalized spacial score (nSPS) is 13.9. The molecule has 0 aliphatic carbocycles. The number of phenols is 1. The molecular formula is C23H35N2O4P. The van der Waals surface area contributed by atoms with Crippen molar-refractivity contribution in [1.29, 1.82) is 0 Å². The number of pyridine rings is 1. The molecule has 166 valence electrons. The van der Waals surface area contributed by atoms with Crippen LogP contribution >= 0.6 is 7.60 Å². The lowest BCUT2D eigenvalue weighted by Crippen LogP contribution is -2.17. The van der Waals surface area contributed by atoms with Crippen LogP contribution in [-0.2, 0) is 14.6 Å². The molecule has 6 nitrogen and oxygen atoms in total. The van der Waals surface area contributed by atoms with Crippen LogP contribution in [0.25, 0.3) is 0 Å². The zero-order chi connectivity index (χ0) is 22.7. The van der Waals surface area contributed by atoms with Crippen molar-refractivity contribution in [3.05, 3.63) is 46.6 Å². The molecule has 0 amide bonds. The Bertz CT molecular complexity index is 934. The van der Waals surface area contributed by atoms with Gasteiger partial charge in [0.25, 0.3) is 0 Å². The van der Waals surface area contributed by atoms with E-state index >= 15 is 0 Å². The van der Waals surface area contributed by atoms with Crippen LogP contribution < -0.4 is 10.0 Å². The second kappa shape index (κ2) is 9.40. The molecule has 1 heterocycles. The number of benzene rings is 1. The van der Waals surface area contributed by atoms with Gasteiger partial charge in [-0.1, -0.05) is 34.6 Å². The molecule has 0 spiro atoms. The molecule has 2 aromatic rings. The quantitative estimate of drug-likeness (QED) is 0.351. The average molecular weight is 435 g/mol. The fourth-order valence-corrected chi connectivity index (χ4v) is 5.11. The number of hydrogen-bond acceptors (Lipinski definition) is 6. The first kappa shape index (κ1) is 24.2. The Morgan fingerprint density at radius 2 is 1.77 bits per heavy atom. The van der Waals surface area contributed by atoms with Gasteiger partial charge >= 0.3 is 7.60 Å². The van der Waals surface area contributed by atoms with Crippen LogP contribution in [0.5, 0.6) is 11.5 Å². The lowest BCUT2D eigenvalue weighted by molar-refractivity contribution is 0.301. The Morgan fingerprint density at radius 3 is 2.33 bits per heavy atom. The Morgan fingerprint density at radius 1 is 1.13 bits per heavy atom. The molecule has 2 N–H and O–H groups in total. The minimum atomic E-state index is -3.59. The van der Waals surface area contributed by atoms with Crippen LogP contribution in [0.1, 0.15) is 69.7 Å². The van der Waals surface area contributed by atoms with Gasteiger partial charge in [0.15, 0.2) is 5.82 Å². The molecule has 0 saturated heterocycles. The van der Waals surface area contributed by atoms with Crippen molar-refractivity contribution in [1.82, 2.24) is 4.98 Å². The van der Waals surface area contributed by atoms with Gasteiger partial charge in [-0.15, -0.1) is 0 Å². The van der Waals surface area contributed by atoms with Crippen molar-refractivity contribution in [2.24, 2.45) is 0 Å². The maximum atomic E-state index is 13.9. The molecule has 0 aliphatic heterocycles. The van der Waals surface area contributed by atoms with E-state index < -0.39 is 7.60 Å². The highest BCUT2D eigenvalue weighted by atomic mass is 31.2. The summed E-state index contributed by atoms with van der Waals surface area (Å²) in [7, 11) is -3.59. The Kier molecular flexibility index (Phi) is 7.59. The fourth-order valence-electron chi connectivity index (χ4n) is 3.26. The molecule has 0 aliphatic rings. The predicted octanol–water partition coefficient (Wildman–Crippen LogP) is 6.81. The number of hydrogen-bond donors (Lipinski definition) is 2. The molecule has 7 heteroatoms. The van der Waals surface area contributed by atoms with E-state index in [4.69, 9.17) is 9.15 Å². The summed E-state index contributed by atoms with van der Waals surface area (Å²) in [4.78, 5) is 4.29. The zero-order valence-electron chi connectivity index (χ0n) is 19.4. The highest BCUT2D eigenvalue weighted by Gasteiger charge is 2.37. The molecule has 0 radical (unpaired) electrons. The monoisotopic (exact) mass is 434 g/mol. The molecular weight excluding hydrogens is 399 g/mol. The SMILES string of the molecule is CCC(CC)P(=O)(ONc1nccc(C)c1C)Oc1cc(C)c(O)c(C(C)(C)C)c1. The lowest BCUT2D eigenvalue weighted by Gasteiger charge is -2.27. The molecule has 0 fully saturated rings. The van der Waals surface area contributed by atoms with Crippen molar-refractivity contribution in [3.63, 3.8) is 0 Å². The molecule has 30 heavy (non-hydrogen) atoms. The van der Waals surface area contributed by atoms with Crippen molar-refractivity contribution >= 4 is 13.4 Å². The van der Waals surface area contributed by atoms with Gasteiger partial charge < -0.3 is 9.63 Å². The topological polar surface area (TPSA) is 80.7 Å². The molecule has 0 saturated carbocycles. The number of anilines is 1. The first-order valence-corrected chi connectivity index (χ1v) is 12.0. The minimum absolute atomic E-state index is 0.228. The van der Waals surface area contributed by atoms with Gasteiger partial charge in [-0.05, 0) is 73.9 Å². The van der Waals surface area contributed by atoms with Gasteiger partial charge in [0.2, 0.25) is 0 Å². The summed E-state index contributed by atoms with van der Waals surface area (Å²) < 4.78 is 25.7. The second-order valence-electron chi connectivity index (χ2n) is 8.78. The smallest absolute Gasteiger partial charge is 0.403 e. The van der Waals surface area contributed by atoms with Crippen LogP contribution in [0.2, 0.25) is 0 Å². The van der Waals surface area contributed by atoms with Gasteiger partial charge in [0.1, 0.15) is 11.5 Å². The fraction of sp³-hybridized carbons (Fsp3) is 0.522. The summed E-state index contributed by atoms with van der Waals surface area (Å²) in [6.07, 6.45) is 2.95.